The third kappa shape index (κ3) is 3.00. The molecule has 1 fully saturated rings. The molecule has 0 aliphatic carbocycles. The Kier molecular flexibility index (Phi) is 3.74. The van der Waals surface area contributed by atoms with Gasteiger partial charge in [-0.2, -0.15) is 5.26 Å². The van der Waals surface area contributed by atoms with E-state index in [0.29, 0.717) is 12.0 Å². The first-order valence-electron chi connectivity index (χ1n) is 5.29. The lowest BCUT2D eigenvalue weighted by Crippen LogP contribution is -2.47. The van der Waals surface area contributed by atoms with Crippen LogP contribution in [0.3, 0.4) is 0 Å². The summed E-state index contributed by atoms with van der Waals surface area (Å²) in [6.07, 6.45) is 5.73. The first-order valence-corrected chi connectivity index (χ1v) is 5.29. The van der Waals surface area contributed by atoms with E-state index in [1.165, 1.54) is 25.8 Å². The molecule has 0 aromatic rings. The lowest BCUT2D eigenvalue weighted by molar-refractivity contribution is 0.0763. The molecule has 0 saturated carbocycles. The summed E-state index contributed by atoms with van der Waals surface area (Å²) in [5.41, 5.74) is 0.369. The summed E-state index contributed by atoms with van der Waals surface area (Å²) in [6.45, 7) is 6.95. The summed E-state index contributed by atoms with van der Waals surface area (Å²) in [5, 5.41) is 8.46. The Hall–Kier alpha value is -0.550. The van der Waals surface area contributed by atoms with E-state index in [9.17, 15) is 0 Å². The molecule has 0 spiro atoms. The van der Waals surface area contributed by atoms with Gasteiger partial charge in [-0.3, -0.25) is 4.90 Å². The number of hydrogen-bond acceptors (Lipinski definition) is 2. The van der Waals surface area contributed by atoms with Gasteiger partial charge in [0.2, 0.25) is 0 Å². The van der Waals surface area contributed by atoms with Crippen LogP contribution in [0.1, 0.15) is 46.0 Å². The minimum absolute atomic E-state index is 0.369. The van der Waals surface area contributed by atoms with Crippen LogP contribution >= 0.6 is 0 Å². The number of likely N-dealkylation sites (tertiary alicyclic amines) is 1. The first-order chi connectivity index (χ1) is 6.17. The van der Waals surface area contributed by atoms with Gasteiger partial charge in [0.15, 0.2) is 0 Å². The Morgan fingerprint density at radius 2 is 2.15 bits per heavy atom. The van der Waals surface area contributed by atoms with Gasteiger partial charge in [0.25, 0.3) is 0 Å². The van der Waals surface area contributed by atoms with E-state index >= 15 is 0 Å². The third-order valence-corrected chi connectivity index (χ3v) is 3.04. The van der Waals surface area contributed by atoms with Crippen molar-refractivity contribution < 1.29 is 0 Å². The Morgan fingerprint density at radius 3 is 2.77 bits per heavy atom. The average Bonchev–Trinajstić information content (AvgIpc) is 2.08. The molecule has 0 unspecified atom stereocenters. The van der Waals surface area contributed by atoms with E-state index in [1.54, 1.807) is 0 Å². The Labute approximate surface area is 81.5 Å². The van der Waals surface area contributed by atoms with Crippen molar-refractivity contribution in [2.45, 2.75) is 51.5 Å². The highest BCUT2D eigenvalue weighted by Gasteiger charge is 2.28. The van der Waals surface area contributed by atoms with Crippen molar-refractivity contribution in [3.8, 4) is 6.07 Å². The van der Waals surface area contributed by atoms with Crippen LogP contribution in [0.2, 0.25) is 0 Å². The maximum atomic E-state index is 8.46. The van der Waals surface area contributed by atoms with Crippen LogP contribution in [-0.2, 0) is 0 Å². The summed E-state index contributed by atoms with van der Waals surface area (Å²) in [6, 6.07) is 2.21. The van der Waals surface area contributed by atoms with Crippen molar-refractivity contribution in [3.05, 3.63) is 0 Å². The summed E-state index contributed by atoms with van der Waals surface area (Å²) in [7, 11) is 0. The largest absolute Gasteiger partial charge is 0.298 e. The molecular formula is C11H20N2. The Morgan fingerprint density at radius 1 is 1.38 bits per heavy atom. The van der Waals surface area contributed by atoms with Gasteiger partial charge in [-0.25, -0.2) is 0 Å². The summed E-state index contributed by atoms with van der Waals surface area (Å²) < 4.78 is 0. The molecule has 0 aromatic carbocycles. The minimum Gasteiger partial charge on any atom is -0.298 e. The molecule has 1 aliphatic heterocycles. The number of unbranched alkanes of at least 4 members (excludes halogenated alkanes) is 1. The molecule has 0 amide bonds. The normalized spacial score (nSPS) is 22.5. The second-order valence-corrected chi connectivity index (χ2v) is 4.52. The second-order valence-electron chi connectivity index (χ2n) is 4.52. The maximum Gasteiger partial charge on any atom is 0.0622 e. The number of nitrogens with zero attached hydrogens (tertiary/aromatic N) is 2. The molecule has 1 saturated heterocycles. The van der Waals surface area contributed by atoms with E-state index in [0.717, 1.165) is 13.0 Å². The van der Waals surface area contributed by atoms with Crippen molar-refractivity contribution in [2.75, 3.05) is 13.1 Å². The van der Waals surface area contributed by atoms with Crippen LogP contribution in [-0.4, -0.2) is 23.5 Å². The molecule has 0 N–H and O–H groups in total. The monoisotopic (exact) mass is 180 g/mol. The van der Waals surface area contributed by atoms with Crippen LogP contribution in [0.4, 0.5) is 0 Å². The smallest absolute Gasteiger partial charge is 0.0622 e. The lowest BCUT2D eigenvalue weighted by Gasteiger charge is -2.42. The highest BCUT2D eigenvalue weighted by atomic mass is 15.2. The van der Waals surface area contributed by atoms with Gasteiger partial charge in [-0.05, 0) is 46.2 Å². The van der Waals surface area contributed by atoms with Gasteiger partial charge in [0.1, 0.15) is 0 Å². The van der Waals surface area contributed by atoms with Gasteiger partial charge in [0, 0.05) is 12.0 Å². The zero-order valence-electron chi connectivity index (χ0n) is 8.84. The van der Waals surface area contributed by atoms with E-state index < -0.39 is 0 Å². The average molecular weight is 180 g/mol. The fourth-order valence-electron chi connectivity index (χ4n) is 2.08. The van der Waals surface area contributed by atoms with Crippen LogP contribution < -0.4 is 0 Å². The van der Waals surface area contributed by atoms with E-state index in [2.05, 4.69) is 24.8 Å². The molecule has 1 heterocycles. The Balaban J connectivity index is 2.34. The van der Waals surface area contributed by atoms with E-state index in [-0.39, 0.29) is 0 Å². The number of hydrogen-bond donors (Lipinski definition) is 0. The van der Waals surface area contributed by atoms with Crippen molar-refractivity contribution in [2.24, 2.45) is 0 Å². The molecule has 1 rings (SSSR count). The highest BCUT2D eigenvalue weighted by molar-refractivity contribution is 4.85. The number of piperidine rings is 1. The number of nitriles is 1. The molecule has 13 heavy (non-hydrogen) atoms. The van der Waals surface area contributed by atoms with E-state index in [1.807, 2.05) is 0 Å². The molecular weight excluding hydrogens is 160 g/mol. The lowest BCUT2D eigenvalue weighted by atomic mass is 9.90. The van der Waals surface area contributed by atoms with Gasteiger partial charge < -0.3 is 0 Å². The quantitative estimate of drug-likeness (QED) is 0.624. The maximum absolute atomic E-state index is 8.46. The summed E-state index contributed by atoms with van der Waals surface area (Å²) in [4.78, 5) is 2.54. The van der Waals surface area contributed by atoms with Gasteiger partial charge in [0.05, 0.1) is 6.07 Å². The van der Waals surface area contributed by atoms with Gasteiger partial charge >= 0.3 is 0 Å². The molecule has 1 aliphatic rings. The highest BCUT2D eigenvalue weighted by Crippen LogP contribution is 2.27. The predicted molar refractivity (Wildman–Crippen MR) is 54.4 cm³/mol. The van der Waals surface area contributed by atoms with Gasteiger partial charge in [-0.1, -0.05) is 6.42 Å². The zero-order chi connectivity index (χ0) is 9.73. The van der Waals surface area contributed by atoms with Crippen molar-refractivity contribution in [3.63, 3.8) is 0 Å². The SMILES string of the molecule is CC1(C)CCCCN1CCCC#N. The zero-order valence-corrected chi connectivity index (χ0v) is 8.84. The topological polar surface area (TPSA) is 27.0 Å². The Bertz CT molecular complexity index is 191. The first kappa shape index (κ1) is 10.5. The predicted octanol–water partition coefficient (Wildman–Crippen LogP) is 2.55. The molecule has 0 bridgehead atoms. The second kappa shape index (κ2) is 4.62. The molecule has 0 radical (unpaired) electrons. The number of rotatable bonds is 3. The van der Waals surface area contributed by atoms with Crippen LogP contribution in [0.15, 0.2) is 0 Å². The van der Waals surface area contributed by atoms with Crippen molar-refractivity contribution >= 4 is 0 Å². The molecule has 2 nitrogen and oxygen atoms in total. The van der Waals surface area contributed by atoms with Crippen LogP contribution in [0, 0.1) is 11.3 Å². The fourth-order valence-corrected chi connectivity index (χ4v) is 2.08. The van der Waals surface area contributed by atoms with Crippen LogP contribution in [0.5, 0.6) is 0 Å². The molecule has 0 aromatic heterocycles. The van der Waals surface area contributed by atoms with E-state index in [4.69, 9.17) is 5.26 Å². The summed E-state index contributed by atoms with van der Waals surface area (Å²) in [5.74, 6) is 0. The van der Waals surface area contributed by atoms with Crippen molar-refractivity contribution in [1.29, 1.82) is 5.26 Å². The minimum atomic E-state index is 0.369. The third-order valence-electron chi connectivity index (χ3n) is 3.04. The van der Waals surface area contributed by atoms with Crippen molar-refractivity contribution in [1.82, 2.24) is 4.90 Å². The standard InChI is InChI=1S/C11H20N2/c1-11(2)7-3-5-9-13(11)10-6-4-8-12/h3-7,9-10H2,1-2H3. The van der Waals surface area contributed by atoms with Crippen LogP contribution in [0.25, 0.3) is 0 Å². The summed E-state index contributed by atoms with van der Waals surface area (Å²) >= 11 is 0. The molecule has 0 atom stereocenters. The molecule has 74 valence electrons. The molecule has 2 heteroatoms. The van der Waals surface area contributed by atoms with Gasteiger partial charge in [-0.15, -0.1) is 0 Å². The fraction of sp³-hybridized carbons (Fsp3) is 0.909.